The molecule has 4 aromatic rings. The van der Waals surface area contributed by atoms with Gasteiger partial charge < -0.3 is 5.73 Å². The number of hydrogen-bond acceptors (Lipinski definition) is 2. The highest BCUT2D eigenvalue weighted by Crippen LogP contribution is 2.37. The molecular formula is C36H40ClF3N2. The summed E-state index contributed by atoms with van der Waals surface area (Å²) in [4.78, 5) is 2.25. The second kappa shape index (κ2) is 14.4. The van der Waals surface area contributed by atoms with Crippen molar-refractivity contribution in [1.82, 2.24) is 4.90 Å². The van der Waals surface area contributed by atoms with E-state index < -0.39 is 11.7 Å². The molecule has 4 aromatic carbocycles. The van der Waals surface area contributed by atoms with Crippen LogP contribution in [0, 0.1) is 0 Å². The zero-order valence-corrected chi connectivity index (χ0v) is 25.1. The van der Waals surface area contributed by atoms with Crippen molar-refractivity contribution in [2.24, 2.45) is 5.73 Å². The number of benzene rings is 4. The Morgan fingerprint density at radius 2 is 1.36 bits per heavy atom. The number of rotatable bonds is 13. The molecule has 0 aliphatic heterocycles. The van der Waals surface area contributed by atoms with E-state index in [2.05, 4.69) is 53.4 Å². The smallest absolute Gasteiger partial charge is 0.325 e. The van der Waals surface area contributed by atoms with E-state index in [0.29, 0.717) is 18.7 Å². The third kappa shape index (κ3) is 9.45. The van der Waals surface area contributed by atoms with E-state index in [1.165, 1.54) is 28.3 Å². The Morgan fingerprint density at radius 3 is 1.95 bits per heavy atom. The van der Waals surface area contributed by atoms with Crippen LogP contribution in [0.4, 0.5) is 13.2 Å². The molecule has 0 bridgehead atoms. The molecular weight excluding hydrogens is 553 g/mol. The van der Waals surface area contributed by atoms with Gasteiger partial charge in [0, 0.05) is 24.5 Å². The number of alkyl halides is 3. The molecule has 0 fully saturated rings. The Kier molecular flexibility index (Phi) is 10.9. The summed E-state index contributed by atoms with van der Waals surface area (Å²) >= 11 is 6.35. The van der Waals surface area contributed by atoms with Crippen molar-refractivity contribution in [2.75, 3.05) is 13.1 Å². The first-order valence-corrected chi connectivity index (χ1v) is 14.9. The maximum atomic E-state index is 13.6. The molecule has 2 N–H and O–H groups in total. The maximum Gasteiger partial charge on any atom is 0.417 e. The van der Waals surface area contributed by atoms with Gasteiger partial charge in [-0.05, 0) is 80.0 Å². The highest BCUT2D eigenvalue weighted by atomic mass is 35.5. The largest absolute Gasteiger partial charge is 0.417 e. The van der Waals surface area contributed by atoms with E-state index in [1.54, 1.807) is 6.07 Å². The molecule has 2 nitrogen and oxygen atoms in total. The predicted molar refractivity (Wildman–Crippen MR) is 168 cm³/mol. The highest BCUT2D eigenvalue weighted by Gasteiger charge is 2.34. The number of nitrogens with zero attached hydrogens (tertiary/aromatic N) is 1. The molecule has 6 heteroatoms. The van der Waals surface area contributed by atoms with Crippen LogP contribution in [0.2, 0.25) is 5.02 Å². The Balaban J connectivity index is 1.53. The minimum Gasteiger partial charge on any atom is -0.325 e. The van der Waals surface area contributed by atoms with Gasteiger partial charge in [-0.2, -0.15) is 13.2 Å². The van der Waals surface area contributed by atoms with Gasteiger partial charge in [0.1, 0.15) is 0 Å². The minimum absolute atomic E-state index is 0.0632. The van der Waals surface area contributed by atoms with Crippen LogP contribution in [-0.2, 0) is 25.6 Å². The summed E-state index contributed by atoms with van der Waals surface area (Å²) in [7, 11) is 0. The van der Waals surface area contributed by atoms with Gasteiger partial charge in [-0.3, -0.25) is 4.90 Å². The summed E-state index contributed by atoms with van der Waals surface area (Å²) in [6.45, 7) is 5.78. The number of aryl methyl sites for hydroxylation is 1. The first-order chi connectivity index (χ1) is 20.0. The fourth-order valence-electron chi connectivity index (χ4n) is 5.51. The molecule has 0 radical (unpaired) electrons. The van der Waals surface area contributed by atoms with Crippen LogP contribution in [0.15, 0.2) is 103 Å². The average molecular weight is 593 g/mol. The molecule has 0 amide bonds. The topological polar surface area (TPSA) is 29.3 Å². The standard InChI is InChI=1S/C36H40ClF3N2/c1-35(2,41)24-28-15-11-14-27(23-28)13-9-10-22-42(25-31-20-12-21-33(34(31)37)36(38,39)40)26-32(29-16-5-3-6-17-29)30-18-7-4-8-19-30/h3-8,11-12,14-21,23,32H,9-10,13,22,24-26,41H2,1-2H3. The zero-order chi connectivity index (χ0) is 30.2. The van der Waals surface area contributed by atoms with Gasteiger partial charge in [0.15, 0.2) is 0 Å². The van der Waals surface area contributed by atoms with Gasteiger partial charge in [-0.1, -0.05) is 109 Å². The van der Waals surface area contributed by atoms with Gasteiger partial charge in [-0.15, -0.1) is 0 Å². The lowest BCUT2D eigenvalue weighted by atomic mass is 9.90. The van der Waals surface area contributed by atoms with Crippen LogP contribution in [0.5, 0.6) is 0 Å². The molecule has 0 atom stereocenters. The summed E-state index contributed by atoms with van der Waals surface area (Å²) < 4.78 is 40.9. The molecule has 0 unspecified atom stereocenters. The number of halogens is 4. The van der Waals surface area contributed by atoms with Crippen LogP contribution < -0.4 is 5.73 Å². The molecule has 0 saturated carbocycles. The lowest BCUT2D eigenvalue weighted by molar-refractivity contribution is -0.137. The Morgan fingerprint density at radius 1 is 0.762 bits per heavy atom. The van der Waals surface area contributed by atoms with Crippen molar-refractivity contribution in [2.45, 2.75) is 63.7 Å². The van der Waals surface area contributed by atoms with E-state index in [-0.39, 0.29) is 16.5 Å². The summed E-state index contributed by atoms with van der Waals surface area (Å²) in [6.07, 6.45) is -0.893. The first kappa shape index (κ1) is 31.8. The first-order valence-electron chi connectivity index (χ1n) is 14.5. The van der Waals surface area contributed by atoms with Gasteiger partial charge in [0.25, 0.3) is 0 Å². The lowest BCUT2D eigenvalue weighted by Gasteiger charge is -2.29. The van der Waals surface area contributed by atoms with Crippen LogP contribution in [0.25, 0.3) is 0 Å². The molecule has 42 heavy (non-hydrogen) atoms. The molecule has 4 rings (SSSR count). The number of unbranched alkanes of at least 4 members (excludes halogenated alkanes) is 1. The summed E-state index contributed by atoms with van der Waals surface area (Å²) in [5, 5.41) is -0.217. The molecule has 0 saturated heterocycles. The number of nitrogens with two attached hydrogens (primary N) is 1. The Hall–Kier alpha value is -3.12. The monoisotopic (exact) mass is 592 g/mol. The predicted octanol–water partition coefficient (Wildman–Crippen LogP) is 9.30. The Labute approximate surface area is 253 Å². The van der Waals surface area contributed by atoms with E-state index in [1.807, 2.05) is 50.2 Å². The molecule has 0 spiro atoms. The van der Waals surface area contributed by atoms with E-state index in [4.69, 9.17) is 17.3 Å². The molecule has 0 aliphatic carbocycles. The van der Waals surface area contributed by atoms with Crippen LogP contribution in [0.3, 0.4) is 0 Å². The lowest BCUT2D eigenvalue weighted by Crippen LogP contribution is -2.34. The van der Waals surface area contributed by atoms with E-state index in [0.717, 1.165) is 38.3 Å². The fraction of sp³-hybridized carbons (Fsp3) is 0.333. The highest BCUT2D eigenvalue weighted by molar-refractivity contribution is 6.32. The molecule has 0 aliphatic rings. The molecule has 222 valence electrons. The van der Waals surface area contributed by atoms with Crippen LogP contribution >= 0.6 is 11.6 Å². The fourth-order valence-corrected chi connectivity index (χ4v) is 5.81. The Bertz CT molecular complexity index is 1360. The zero-order valence-electron chi connectivity index (χ0n) is 24.4. The van der Waals surface area contributed by atoms with Gasteiger partial charge in [-0.25, -0.2) is 0 Å². The normalized spacial score (nSPS) is 12.3. The van der Waals surface area contributed by atoms with Crippen molar-refractivity contribution in [3.05, 3.63) is 142 Å². The van der Waals surface area contributed by atoms with Crippen molar-refractivity contribution in [1.29, 1.82) is 0 Å². The van der Waals surface area contributed by atoms with Crippen molar-refractivity contribution in [3.8, 4) is 0 Å². The third-order valence-corrected chi connectivity index (χ3v) is 7.91. The molecule has 0 heterocycles. The minimum atomic E-state index is -4.50. The van der Waals surface area contributed by atoms with Gasteiger partial charge in [0.05, 0.1) is 10.6 Å². The third-order valence-electron chi connectivity index (χ3n) is 7.46. The second-order valence-corrected chi connectivity index (χ2v) is 12.2. The molecule has 0 aromatic heterocycles. The quantitative estimate of drug-likeness (QED) is 0.157. The van der Waals surface area contributed by atoms with E-state index in [9.17, 15) is 13.2 Å². The SMILES string of the molecule is CC(C)(N)Cc1cccc(CCCCN(Cc2cccc(C(F)(F)F)c2Cl)CC(c2ccccc2)c2ccccc2)c1. The number of hydrogen-bond donors (Lipinski definition) is 1. The van der Waals surface area contributed by atoms with Crippen LogP contribution in [-0.4, -0.2) is 23.5 Å². The summed E-state index contributed by atoms with van der Waals surface area (Å²) in [5.41, 5.74) is 10.5. The van der Waals surface area contributed by atoms with Crippen molar-refractivity contribution < 1.29 is 13.2 Å². The second-order valence-electron chi connectivity index (χ2n) is 11.8. The van der Waals surface area contributed by atoms with Crippen molar-refractivity contribution in [3.63, 3.8) is 0 Å². The summed E-state index contributed by atoms with van der Waals surface area (Å²) in [5.74, 6) is 0.0632. The van der Waals surface area contributed by atoms with E-state index >= 15 is 0 Å². The van der Waals surface area contributed by atoms with Gasteiger partial charge in [0.2, 0.25) is 0 Å². The average Bonchev–Trinajstić information content (AvgIpc) is 2.94. The maximum absolute atomic E-state index is 13.6. The van der Waals surface area contributed by atoms with Crippen LogP contribution in [0.1, 0.15) is 66.0 Å². The van der Waals surface area contributed by atoms with Gasteiger partial charge >= 0.3 is 6.18 Å². The van der Waals surface area contributed by atoms with Crippen molar-refractivity contribution >= 4 is 11.6 Å². The summed E-state index contributed by atoms with van der Waals surface area (Å²) in [6, 6.07) is 33.3.